The van der Waals surface area contributed by atoms with Gasteiger partial charge in [0.15, 0.2) is 0 Å². The molecule has 1 aliphatic carbocycles. The van der Waals surface area contributed by atoms with Crippen molar-refractivity contribution in [2.24, 2.45) is 5.92 Å². The molecule has 82 valence electrons. The second kappa shape index (κ2) is 4.78. The highest BCUT2D eigenvalue weighted by Crippen LogP contribution is 2.29. The molecule has 0 amide bonds. The summed E-state index contributed by atoms with van der Waals surface area (Å²) >= 11 is 0. The Bertz CT molecular complexity index is 324. The lowest BCUT2D eigenvalue weighted by Crippen LogP contribution is -1.98. The maximum absolute atomic E-state index is 13.0. The fourth-order valence-electron chi connectivity index (χ4n) is 2.57. The fourth-order valence-corrected chi connectivity index (χ4v) is 2.57. The van der Waals surface area contributed by atoms with Gasteiger partial charge in [-0.1, -0.05) is 31.7 Å². The maximum Gasteiger partial charge on any atom is 0.123 e. The Labute approximate surface area is 91.5 Å². The van der Waals surface area contributed by atoms with E-state index in [2.05, 4.69) is 6.92 Å². The molecule has 0 saturated heterocycles. The summed E-state index contributed by atoms with van der Waals surface area (Å²) in [7, 11) is 0. The van der Waals surface area contributed by atoms with E-state index in [9.17, 15) is 4.39 Å². The lowest BCUT2D eigenvalue weighted by Gasteiger charge is -2.10. The van der Waals surface area contributed by atoms with Crippen LogP contribution in [0, 0.1) is 18.7 Å². The SMILES string of the molecule is Cc1ccc(F)cc1CCC1CCCC1. The number of halogens is 1. The van der Waals surface area contributed by atoms with E-state index >= 15 is 0 Å². The van der Waals surface area contributed by atoms with Crippen molar-refractivity contribution in [2.45, 2.75) is 45.4 Å². The molecule has 0 spiro atoms. The molecule has 1 heteroatoms. The number of hydrogen-bond donors (Lipinski definition) is 0. The van der Waals surface area contributed by atoms with Crippen molar-refractivity contribution in [3.05, 3.63) is 35.1 Å². The van der Waals surface area contributed by atoms with E-state index in [1.165, 1.54) is 43.2 Å². The van der Waals surface area contributed by atoms with Crippen LogP contribution in [0.5, 0.6) is 0 Å². The quantitative estimate of drug-likeness (QED) is 0.693. The van der Waals surface area contributed by atoms with Crippen molar-refractivity contribution >= 4 is 0 Å². The van der Waals surface area contributed by atoms with Gasteiger partial charge in [-0.2, -0.15) is 0 Å². The van der Waals surface area contributed by atoms with Gasteiger partial charge in [-0.25, -0.2) is 4.39 Å². The molecular formula is C14H19F. The molecule has 0 bridgehead atoms. The first-order valence-corrected chi connectivity index (χ1v) is 6.01. The summed E-state index contributed by atoms with van der Waals surface area (Å²) in [4.78, 5) is 0. The topological polar surface area (TPSA) is 0 Å². The molecule has 2 rings (SSSR count). The Morgan fingerprint density at radius 3 is 2.73 bits per heavy atom. The Morgan fingerprint density at radius 1 is 1.27 bits per heavy atom. The fraction of sp³-hybridized carbons (Fsp3) is 0.571. The van der Waals surface area contributed by atoms with E-state index in [0.29, 0.717) is 0 Å². The van der Waals surface area contributed by atoms with E-state index in [1.54, 1.807) is 12.1 Å². The number of benzene rings is 1. The molecule has 1 saturated carbocycles. The molecule has 0 unspecified atom stereocenters. The Kier molecular flexibility index (Phi) is 3.40. The first-order valence-electron chi connectivity index (χ1n) is 6.01. The third-order valence-corrected chi connectivity index (χ3v) is 3.61. The summed E-state index contributed by atoms with van der Waals surface area (Å²) in [6.45, 7) is 2.07. The first-order chi connectivity index (χ1) is 7.25. The summed E-state index contributed by atoms with van der Waals surface area (Å²) in [5.41, 5.74) is 2.43. The van der Waals surface area contributed by atoms with Gasteiger partial charge in [-0.05, 0) is 48.9 Å². The minimum Gasteiger partial charge on any atom is -0.207 e. The summed E-state index contributed by atoms with van der Waals surface area (Å²) in [5.74, 6) is 0.801. The van der Waals surface area contributed by atoms with E-state index < -0.39 is 0 Å². The summed E-state index contributed by atoms with van der Waals surface area (Å²) < 4.78 is 13.0. The number of hydrogen-bond acceptors (Lipinski definition) is 0. The van der Waals surface area contributed by atoms with Gasteiger partial charge in [0.1, 0.15) is 5.82 Å². The second-order valence-corrected chi connectivity index (χ2v) is 4.76. The minimum atomic E-state index is -0.0954. The molecule has 0 aliphatic heterocycles. The van der Waals surface area contributed by atoms with Crippen LogP contribution in [0.1, 0.15) is 43.2 Å². The third-order valence-electron chi connectivity index (χ3n) is 3.61. The molecule has 1 fully saturated rings. The van der Waals surface area contributed by atoms with Crippen molar-refractivity contribution < 1.29 is 4.39 Å². The molecule has 0 nitrogen and oxygen atoms in total. The zero-order valence-corrected chi connectivity index (χ0v) is 9.43. The highest BCUT2D eigenvalue weighted by Gasteiger charge is 2.14. The molecule has 0 heterocycles. The molecule has 0 N–H and O–H groups in total. The van der Waals surface area contributed by atoms with Gasteiger partial charge in [0.2, 0.25) is 0 Å². The molecule has 0 atom stereocenters. The summed E-state index contributed by atoms with van der Waals surface area (Å²) in [5, 5.41) is 0. The van der Waals surface area contributed by atoms with Crippen molar-refractivity contribution in [1.82, 2.24) is 0 Å². The normalized spacial score (nSPS) is 17.2. The Balaban J connectivity index is 1.94. The van der Waals surface area contributed by atoms with Gasteiger partial charge >= 0.3 is 0 Å². The van der Waals surface area contributed by atoms with Gasteiger partial charge in [-0.3, -0.25) is 0 Å². The van der Waals surface area contributed by atoms with E-state index in [4.69, 9.17) is 0 Å². The molecule has 0 aromatic heterocycles. The van der Waals surface area contributed by atoms with Gasteiger partial charge in [-0.15, -0.1) is 0 Å². The highest BCUT2D eigenvalue weighted by atomic mass is 19.1. The monoisotopic (exact) mass is 206 g/mol. The zero-order chi connectivity index (χ0) is 10.7. The Hall–Kier alpha value is -0.850. The Morgan fingerprint density at radius 2 is 2.00 bits per heavy atom. The van der Waals surface area contributed by atoms with Crippen LogP contribution in [-0.2, 0) is 6.42 Å². The van der Waals surface area contributed by atoms with Crippen LogP contribution in [0.15, 0.2) is 18.2 Å². The van der Waals surface area contributed by atoms with Crippen LogP contribution in [0.25, 0.3) is 0 Å². The minimum absolute atomic E-state index is 0.0954. The van der Waals surface area contributed by atoms with Crippen LogP contribution in [0.4, 0.5) is 4.39 Å². The van der Waals surface area contributed by atoms with Crippen molar-refractivity contribution in [3.63, 3.8) is 0 Å². The zero-order valence-electron chi connectivity index (χ0n) is 9.43. The van der Waals surface area contributed by atoms with Crippen LogP contribution in [0.3, 0.4) is 0 Å². The first kappa shape index (κ1) is 10.7. The van der Waals surface area contributed by atoms with Crippen molar-refractivity contribution in [2.75, 3.05) is 0 Å². The molecular weight excluding hydrogens is 187 g/mol. The lowest BCUT2D eigenvalue weighted by atomic mass is 9.96. The van der Waals surface area contributed by atoms with Crippen LogP contribution in [-0.4, -0.2) is 0 Å². The van der Waals surface area contributed by atoms with Gasteiger partial charge < -0.3 is 0 Å². The van der Waals surface area contributed by atoms with Gasteiger partial charge in [0.05, 0.1) is 0 Å². The number of rotatable bonds is 3. The second-order valence-electron chi connectivity index (χ2n) is 4.76. The van der Waals surface area contributed by atoms with E-state index in [-0.39, 0.29) is 5.82 Å². The molecule has 15 heavy (non-hydrogen) atoms. The molecule has 1 aromatic rings. The summed E-state index contributed by atoms with van der Waals surface area (Å²) in [6.07, 6.45) is 7.85. The van der Waals surface area contributed by atoms with Crippen LogP contribution in [0.2, 0.25) is 0 Å². The molecule has 1 aliphatic rings. The average molecular weight is 206 g/mol. The summed E-state index contributed by atoms with van der Waals surface area (Å²) in [6, 6.07) is 5.14. The molecule has 1 aromatic carbocycles. The van der Waals surface area contributed by atoms with E-state index in [1.807, 2.05) is 6.07 Å². The third kappa shape index (κ3) is 2.80. The number of aryl methyl sites for hydroxylation is 2. The van der Waals surface area contributed by atoms with Crippen molar-refractivity contribution in [3.8, 4) is 0 Å². The van der Waals surface area contributed by atoms with Gasteiger partial charge in [0, 0.05) is 0 Å². The van der Waals surface area contributed by atoms with Crippen LogP contribution >= 0.6 is 0 Å². The van der Waals surface area contributed by atoms with Crippen molar-refractivity contribution in [1.29, 1.82) is 0 Å². The maximum atomic E-state index is 13.0. The largest absolute Gasteiger partial charge is 0.207 e. The van der Waals surface area contributed by atoms with Crippen LogP contribution < -0.4 is 0 Å². The van der Waals surface area contributed by atoms with Gasteiger partial charge in [0.25, 0.3) is 0 Å². The molecule has 0 radical (unpaired) electrons. The highest BCUT2D eigenvalue weighted by molar-refractivity contribution is 5.26. The smallest absolute Gasteiger partial charge is 0.123 e. The van der Waals surface area contributed by atoms with E-state index in [0.717, 1.165) is 12.3 Å². The lowest BCUT2D eigenvalue weighted by molar-refractivity contribution is 0.502. The predicted octanol–water partition coefficient (Wildman–Crippen LogP) is 4.26. The predicted molar refractivity (Wildman–Crippen MR) is 61.4 cm³/mol. The standard InChI is InChI=1S/C14H19F/c1-11-6-9-14(15)10-13(11)8-7-12-4-2-3-5-12/h6,9-10,12H,2-5,7-8H2,1H3. The average Bonchev–Trinajstić information content (AvgIpc) is 2.72.